The van der Waals surface area contributed by atoms with Crippen LogP contribution in [0.3, 0.4) is 0 Å². The van der Waals surface area contributed by atoms with Gasteiger partial charge in [0.1, 0.15) is 5.82 Å². The number of nitrogens with one attached hydrogen (secondary N) is 1. The Kier molecular flexibility index (Phi) is 2.57. The molecule has 0 aliphatic rings. The van der Waals surface area contributed by atoms with Gasteiger partial charge in [0, 0.05) is 11.6 Å². The van der Waals surface area contributed by atoms with Gasteiger partial charge in [0.25, 0.3) is 0 Å². The van der Waals surface area contributed by atoms with Gasteiger partial charge in [-0.2, -0.15) is 18.3 Å². The molecule has 2 rings (SSSR count). The molecule has 0 amide bonds. The summed E-state index contributed by atoms with van der Waals surface area (Å²) in [5.41, 5.74) is 5.58. The third kappa shape index (κ3) is 2.11. The Morgan fingerprint density at radius 2 is 2.00 bits per heavy atom. The Bertz CT molecular complexity index is 543. The number of halogens is 3. The number of nitrogens with two attached hydrogens (primary N) is 1. The minimum Gasteiger partial charge on any atom is -0.382 e. The van der Waals surface area contributed by atoms with Gasteiger partial charge >= 0.3 is 6.18 Å². The molecule has 0 fully saturated rings. The van der Waals surface area contributed by atoms with Gasteiger partial charge in [0.05, 0.1) is 11.3 Å². The number of nitrogens with zero attached hydrogens (tertiary/aromatic N) is 1. The van der Waals surface area contributed by atoms with Crippen LogP contribution in [0.15, 0.2) is 24.3 Å². The highest BCUT2D eigenvalue weighted by Gasteiger charge is 2.34. The quantitative estimate of drug-likeness (QED) is 0.806. The van der Waals surface area contributed by atoms with Gasteiger partial charge in [-0.3, -0.25) is 5.10 Å². The monoisotopic (exact) mass is 241 g/mol. The van der Waals surface area contributed by atoms with E-state index < -0.39 is 11.7 Å². The van der Waals surface area contributed by atoms with Crippen molar-refractivity contribution in [1.82, 2.24) is 10.2 Å². The van der Waals surface area contributed by atoms with E-state index in [2.05, 4.69) is 10.2 Å². The van der Waals surface area contributed by atoms with Crippen LogP contribution in [0, 0.1) is 6.92 Å². The molecule has 0 spiro atoms. The Hall–Kier alpha value is -1.98. The van der Waals surface area contributed by atoms with Gasteiger partial charge in [-0.1, -0.05) is 12.1 Å². The summed E-state index contributed by atoms with van der Waals surface area (Å²) in [7, 11) is 0. The fraction of sp³-hybridized carbons (Fsp3) is 0.182. The van der Waals surface area contributed by atoms with E-state index in [0.717, 1.165) is 6.07 Å². The van der Waals surface area contributed by atoms with Gasteiger partial charge in [-0.25, -0.2) is 0 Å². The molecule has 2 aromatic rings. The van der Waals surface area contributed by atoms with Crippen LogP contribution in [0.1, 0.15) is 11.1 Å². The van der Waals surface area contributed by atoms with E-state index >= 15 is 0 Å². The summed E-state index contributed by atoms with van der Waals surface area (Å²) in [5, 5.41) is 6.14. The van der Waals surface area contributed by atoms with Crippen LogP contribution in [0.4, 0.5) is 19.0 Å². The van der Waals surface area contributed by atoms with E-state index in [-0.39, 0.29) is 17.1 Å². The third-order valence-corrected chi connectivity index (χ3v) is 2.45. The summed E-state index contributed by atoms with van der Waals surface area (Å²) >= 11 is 0. The van der Waals surface area contributed by atoms with E-state index in [1.807, 2.05) is 0 Å². The number of benzene rings is 1. The van der Waals surface area contributed by atoms with E-state index in [9.17, 15) is 13.2 Å². The highest BCUT2D eigenvalue weighted by molar-refractivity contribution is 5.70. The van der Waals surface area contributed by atoms with Crippen LogP contribution in [0.2, 0.25) is 0 Å². The molecule has 0 aliphatic carbocycles. The van der Waals surface area contributed by atoms with E-state index in [1.165, 1.54) is 12.1 Å². The number of hydrogen-bond acceptors (Lipinski definition) is 2. The van der Waals surface area contributed by atoms with Crippen LogP contribution >= 0.6 is 0 Å². The molecule has 3 N–H and O–H groups in total. The van der Waals surface area contributed by atoms with Crippen LogP contribution in [0.25, 0.3) is 11.3 Å². The van der Waals surface area contributed by atoms with Crippen molar-refractivity contribution in [3.8, 4) is 11.3 Å². The van der Waals surface area contributed by atoms with Crippen molar-refractivity contribution in [3.05, 3.63) is 35.4 Å². The molecule has 0 saturated carbocycles. The molecule has 6 heteroatoms. The first-order valence-corrected chi connectivity index (χ1v) is 4.87. The summed E-state index contributed by atoms with van der Waals surface area (Å²) < 4.78 is 38.6. The second-order valence-corrected chi connectivity index (χ2v) is 3.70. The number of aromatic amines is 1. The van der Waals surface area contributed by atoms with E-state index in [1.54, 1.807) is 13.0 Å². The summed E-state index contributed by atoms with van der Waals surface area (Å²) in [4.78, 5) is 0. The average molecular weight is 241 g/mol. The lowest BCUT2D eigenvalue weighted by molar-refractivity contribution is -0.137. The lowest BCUT2D eigenvalue weighted by Gasteiger charge is -2.13. The Balaban J connectivity index is 2.67. The zero-order valence-electron chi connectivity index (χ0n) is 8.97. The maximum atomic E-state index is 12.9. The predicted molar refractivity (Wildman–Crippen MR) is 58.2 cm³/mol. The van der Waals surface area contributed by atoms with Crippen LogP contribution in [-0.4, -0.2) is 10.2 Å². The summed E-state index contributed by atoms with van der Waals surface area (Å²) in [5.74, 6) is 0.163. The molecule has 0 aliphatic heterocycles. The summed E-state index contributed by atoms with van der Waals surface area (Å²) in [6.45, 7) is 1.61. The largest absolute Gasteiger partial charge is 0.417 e. The number of alkyl halides is 3. The lowest BCUT2D eigenvalue weighted by Crippen LogP contribution is -2.08. The number of anilines is 1. The van der Waals surface area contributed by atoms with Gasteiger partial charge in [0.15, 0.2) is 0 Å². The van der Waals surface area contributed by atoms with Crippen LogP contribution in [-0.2, 0) is 6.18 Å². The molecule has 3 nitrogen and oxygen atoms in total. The maximum Gasteiger partial charge on any atom is 0.417 e. The number of aromatic nitrogens is 2. The number of H-pyrrole nitrogens is 1. The molecule has 1 heterocycles. The van der Waals surface area contributed by atoms with Gasteiger partial charge in [-0.05, 0) is 18.6 Å². The first kappa shape index (κ1) is 11.5. The van der Waals surface area contributed by atoms with Gasteiger partial charge < -0.3 is 5.73 Å². The zero-order valence-corrected chi connectivity index (χ0v) is 8.97. The first-order chi connectivity index (χ1) is 7.89. The highest BCUT2D eigenvalue weighted by atomic mass is 19.4. The first-order valence-electron chi connectivity index (χ1n) is 4.87. The van der Waals surface area contributed by atoms with E-state index in [4.69, 9.17) is 5.73 Å². The minimum absolute atomic E-state index is 0.0872. The van der Waals surface area contributed by atoms with Gasteiger partial charge in [-0.15, -0.1) is 0 Å². The van der Waals surface area contributed by atoms with Crippen molar-refractivity contribution in [3.63, 3.8) is 0 Å². The number of rotatable bonds is 1. The van der Waals surface area contributed by atoms with Crippen molar-refractivity contribution >= 4 is 5.82 Å². The lowest BCUT2D eigenvalue weighted by atomic mass is 9.99. The number of aryl methyl sites for hydroxylation is 1. The zero-order chi connectivity index (χ0) is 12.6. The minimum atomic E-state index is -4.40. The van der Waals surface area contributed by atoms with E-state index in [0.29, 0.717) is 5.56 Å². The molecular formula is C11H10F3N3. The molecule has 0 radical (unpaired) electrons. The highest BCUT2D eigenvalue weighted by Crippen LogP contribution is 2.38. The van der Waals surface area contributed by atoms with Crippen molar-refractivity contribution in [2.24, 2.45) is 0 Å². The predicted octanol–water partition coefficient (Wildman–Crippen LogP) is 2.99. The Morgan fingerprint density at radius 1 is 1.29 bits per heavy atom. The molecule has 0 bridgehead atoms. The smallest absolute Gasteiger partial charge is 0.382 e. The Morgan fingerprint density at radius 3 is 2.53 bits per heavy atom. The molecule has 17 heavy (non-hydrogen) atoms. The molecule has 0 saturated heterocycles. The summed E-state index contributed by atoms with van der Waals surface area (Å²) in [6, 6.07) is 5.42. The van der Waals surface area contributed by atoms with Gasteiger partial charge in [0.2, 0.25) is 0 Å². The molecule has 0 unspecified atom stereocenters. The topological polar surface area (TPSA) is 54.7 Å². The van der Waals surface area contributed by atoms with Crippen molar-refractivity contribution in [1.29, 1.82) is 0 Å². The normalized spacial score (nSPS) is 11.8. The summed E-state index contributed by atoms with van der Waals surface area (Å²) in [6.07, 6.45) is -4.40. The maximum absolute atomic E-state index is 12.9. The van der Waals surface area contributed by atoms with Crippen molar-refractivity contribution < 1.29 is 13.2 Å². The number of hydrogen-bond donors (Lipinski definition) is 2. The standard InChI is InChI=1S/C11H10F3N3/c1-6-3-2-4-7(11(12,13)14)10(6)8-5-9(15)17-16-8/h2-5H,1H3,(H3,15,16,17). The third-order valence-electron chi connectivity index (χ3n) is 2.45. The molecule has 1 aromatic carbocycles. The second-order valence-electron chi connectivity index (χ2n) is 3.70. The SMILES string of the molecule is Cc1cccc(C(F)(F)F)c1-c1cc(N)n[nH]1. The van der Waals surface area contributed by atoms with Crippen LogP contribution in [0.5, 0.6) is 0 Å². The van der Waals surface area contributed by atoms with Crippen LogP contribution < -0.4 is 5.73 Å². The van der Waals surface area contributed by atoms with Crippen molar-refractivity contribution in [2.75, 3.05) is 5.73 Å². The average Bonchev–Trinajstić information content (AvgIpc) is 2.63. The number of nitrogen functional groups attached to an aromatic ring is 1. The van der Waals surface area contributed by atoms with Crippen molar-refractivity contribution in [2.45, 2.75) is 13.1 Å². The fourth-order valence-electron chi connectivity index (χ4n) is 1.73. The molecular weight excluding hydrogens is 231 g/mol. The fourth-order valence-corrected chi connectivity index (χ4v) is 1.73. The molecule has 1 aromatic heterocycles. The molecule has 90 valence electrons. The molecule has 0 atom stereocenters. The second kappa shape index (κ2) is 3.80. The Labute approximate surface area is 95.5 Å².